The van der Waals surface area contributed by atoms with Gasteiger partial charge in [0.25, 0.3) is 0 Å². The monoisotopic (exact) mass is 274 g/mol. The second-order valence-corrected chi connectivity index (χ2v) is 5.50. The zero-order valence-corrected chi connectivity index (χ0v) is 11.8. The minimum Gasteiger partial charge on any atom is -0.345 e. The van der Waals surface area contributed by atoms with Gasteiger partial charge in [-0.15, -0.1) is 0 Å². The van der Waals surface area contributed by atoms with Gasteiger partial charge in [-0.1, -0.05) is 60.7 Å². The van der Waals surface area contributed by atoms with Crippen molar-refractivity contribution in [2.45, 2.75) is 12.1 Å². The van der Waals surface area contributed by atoms with E-state index in [2.05, 4.69) is 94.8 Å². The van der Waals surface area contributed by atoms with Gasteiger partial charge < -0.3 is 9.80 Å². The highest BCUT2D eigenvalue weighted by atomic mass is 15.4. The number of fused-ring (bicyclic) bond motifs is 1. The van der Waals surface area contributed by atoms with Crippen molar-refractivity contribution in [2.24, 2.45) is 0 Å². The van der Waals surface area contributed by atoms with E-state index in [1.165, 1.54) is 11.4 Å². The van der Waals surface area contributed by atoms with Crippen LogP contribution < -0.4 is 9.80 Å². The molecule has 2 aromatic carbocycles. The molecule has 0 spiro atoms. The Morgan fingerprint density at radius 3 is 1.48 bits per heavy atom. The van der Waals surface area contributed by atoms with Gasteiger partial charge in [0.05, 0.1) is 18.8 Å². The molecule has 21 heavy (non-hydrogen) atoms. The first-order chi connectivity index (χ1) is 10.4. The molecule has 2 atom stereocenters. The normalized spacial score (nSPS) is 23.4. The minimum atomic E-state index is 0.401. The maximum atomic E-state index is 2.47. The molecule has 0 N–H and O–H groups in total. The van der Waals surface area contributed by atoms with Gasteiger partial charge in [-0.25, -0.2) is 0 Å². The molecule has 0 radical (unpaired) electrons. The molecule has 2 aromatic rings. The van der Waals surface area contributed by atoms with Gasteiger partial charge in [-0.3, -0.25) is 0 Å². The zero-order valence-electron chi connectivity index (χ0n) is 11.8. The number of rotatable bonds is 2. The van der Waals surface area contributed by atoms with Crippen molar-refractivity contribution in [1.29, 1.82) is 0 Å². The largest absolute Gasteiger partial charge is 0.345 e. The number of para-hydroxylation sites is 2. The predicted molar refractivity (Wildman–Crippen MR) is 88.6 cm³/mol. The molecule has 2 unspecified atom stereocenters. The highest BCUT2D eigenvalue weighted by Crippen LogP contribution is 2.33. The smallest absolute Gasteiger partial charge is 0.0916 e. The Kier molecular flexibility index (Phi) is 3.00. The highest BCUT2D eigenvalue weighted by Gasteiger charge is 2.37. The average molecular weight is 274 g/mol. The Bertz CT molecular complexity index is 601. The van der Waals surface area contributed by atoms with Crippen molar-refractivity contribution >= 4 is 11.4 Å². The SMILES string of the molecule is C1=CC2C(C=C1)N(c1ccccc1)CN2c1ccccc1. The van der Waals surface area contributed by atoms with E-state index in [0.29, 0.717) is 12.1 Å². The van der Waals surface area contributed by atoms with Crippen molar-refractivity contribution in [3.8, 4) is 0 Å². The quantitative estimate of drug-likeness (QED) is 0.821. The van der Waals surface area contributed by atoms with E-state index in [4.69, 9.17) is 0 Å². The van der Waals surface area contributed by atoms with Gasteiger partial charge in [-0.05, 0) is 24.3 Å². The number of nitrogens with zero attached hydrogens (tertiary/aromatic N) is 2. The first-order valence-electron chi connectivity index (χ1n) is 7.42. The van der Waals surface area contributed by atoms with E-state index in [-0.39, 0.29) is 0 Å². The molecule has 104 valence electrons. The summed E-state index contributed by atoms with van der Waals surface area (Å²) in [7, 11) is 0. The third-order valence-electron chi connectivity index (χ3n) is 4.28. The summed E-state index contributed by atoms with van der Waals surface area (Å²) < 4.78 is 0. The van der Waals surface area contributed by atoms with Crippen LogP contribution in [0.4, 0.5) is 11.4 Å². The summed E-state index contributed by atoms with van der Waals surface area (Å²) in [5.41, 5.74) is 2.57. The molecule has 0 amide bonds. The maximum Gasteiger partial charge on any atom is 0.0916 e. The fraction of sp³-hybridized carbons (Fsp3) is 0.158. The average Bonchev–Trinajstić information content (AvgIpc) is 2.96. The lowest BCUT2D eigenvalue weighted by atomic mass is 10.0. The van der Waals surface area contributed by atoms with Crippen LogP contribution in [0.5, 0.6) is 0 Å². The van der Waals surface area contributed by atoms with Crippen LogP contribution in [0.25, 0.3) is 0 Å². The molecule has 2 heteroatoms. The van der Waals surface area contributed by atoms with E-state index < -0.39 is 0 Å². The van der Waals surface area contributed by atoms with Crippen molar-refractivity contribution in [3.05, 3.63) is 85.0 Å². The van der Waals surface area contributed by atoms with Crippen LogP contribution in [-0.4, -0.2) is 18.8 Å². The lowest BCUT2D eigenvalue weighted by Crippen LogP contribution is -2.35. The van der Waals surface area contributed by atoms with E-state index in [0.717, 1.165) is 6.67 Å². The molecule has 1 aliphatic heterocycles. The van der Waals surface area contributed by atoms with Crippen LogP contribution in [0.1, 0.15) is 0 Å². The topological polar surface area (TPSA) is 6.48 Å². The van der Waals surface area contributed by atoms with Crippen LogP contribution in [0.3, 0.4) is 0 Å². The summed E-state index contributed by atoms with van der Waals surface area (Å²) >= 11 is 0. The fourth-order valence-electron chi connectivity index (χ4n) is 3.26. The van der Waals surface area contributed by atoms with Gasteiger partial charge in [0.2, 0.25) is 0 Å². The van der Waals surface area contributed by atoms with Crippen LogP contribution in [0.15, 0.2) is 85.0 Å². The molecular weight excluding hydrogens is 256 g/mol. The van der Waals surface area contributed by atoms with Crippen molar-refractivity contribution in [1.82, 2.24) is 0 Å². The first kappa shape index (κ1) is 12.3. The number of anilines is 2. The molecule has 1 heterocycles. The second kappa shape index (κ2) is 5.13. The number of benzene rings is 2. The summed E-state index contributed by atoms with van der Waals surface area (Å²) in [5.74, 6) is 0. The molecule has 0 aromatic heterocycles. The minimum absolute atomic E-state index is 0.401. The van der Waals surface area contributed by atoms with Crippen LogP contribution in [0.2, 0.25) is 0 Å². The molecule has 4 rings (SSSR count). The maximum absolute atomic E-state index is 2.47. The third-order valence-corrected chi connectivity index (χ3v) is 4.28. The molecule has 1 fully saturated rings. The lowest BCUT2D eigenvalue weighted by Gasteiger charge is -2.26. The number of allylic oxidation sites excluding steroid dienone is 2. The number of hydrogen-bond acceptors (Lipinski definition) is 2. The summed E-state index contributed by atoms with van der Waals surface area (Å²) in [4.78, 5) is 4.94. The Labute approximate surface area is 125 Å². The molecule has 1 aliphatic carbocycles. The van der Waals surface area contributed by atoms with E-state index in [1.807, 2.05) is 0 Å². The third kappa shape index (κ3) is 2.13. The molecule has 0 saturated carbocycles. The van der Waals surface area contributed by atoms with Gasteiger partial charge in [0.1, 0.15) is 0 Å². The number of hydrogen-bond donors (Lipinski definition) is 0. The van der Waals surface area contributed by atoms with Gasteiger partial charge in [-0.2, -0.15) is 0 Å². The van der Waals surface area contributed by atoms with Crippen LogP contribution in [0, 0.1) is 0 Å². The Morgan fingerprint density at radius 2 is 1.05 bits per heavy atom. The zero-order chi connectivity index (χ0) is 14.1. The van der Waals surface area contributed by atoms with E-state index >= 15 is 0 Å². The summed E-state index contributed by atoms with van der Waals surface area (Å²) in [6.45, 7) is 0.915. The molecule has 0 bridgehead atoms. The summed E-state index contributed by atoms with van der Waals surface area (Å²) in [5, 5.41) is 0. The predicted octanol–water partition coefficient (Wildman–Crippen LogP) is 3.83. The van der Waals surface area contributed by atoms with E-state index in [1.54, 1.807) is 0 Å². The molecule has 2 aliphatic rings. The van der Waals surface area contributed by atoms with Crippen molar-refractivity contribution in [3.63, 3.8) is 0 Å². The van der Waals surface area contributed by atoms with Gasteiger partial charge in [0.15, 0.2) is 0 Å². The summed E-state index contributed by atoms with van der Waals surface area (Å²) in [6, 6.07) is 22.2. The van der Waals surface area contributed by atoms with Crippen molar-refractivity contribution < 1.29 is 0 Å². The standard InChI is InChI=1S/C19H18N2/c1-3-9-16(10-4-1)20-15-21(17-11-5-2-6-12-17)19-14-8-7-13-18(19)20/h1-14,18-19H,15H2. The fourth-order valence-corrected chi connectivity index (χ4v) is 3.26. The second-order valence-electron chi connectivity index (χ2n) is 5.50. The first-order valence-corrected chi connectivity index (χ1v) is 7.42. The molecule has 1 saturated heterocycles. The van der Waals surface area contributed by atoms with Crippen molar-refractivity contribution in [2.75, 3.05) is 16.5 Å². The Balaban J connectivity index is 1.72. The highest BCUT2D eigenvalue weighted by molar-refractivity contribution is 5.60. The van der Waals surface area contributed by atoms with Crippen LogP contribution in [-0.2, 0) is 0 Å². The van der Waals surface area contributed by atoms with Gasteiger partial charge >= 0.3 is 0 Å². The van der Waals surface area contributed by atoms with Crippen LogP contribution >= 0.6 is 0 Å². The Hall–Kier alpha value is -2.48. The lowest BCUT2D eigenvalue weighted by molar-refractivity contribution is 0.745. The molecule has 2 nitrogen and oxygen atoms in total. The van der Waals surface area contributed by atoms with E-state index in [9.17, 15) is 0 Å². The summed E-state index contributed by atoms with van der Waals surface area (Å²) in [6.07, 6.45) is 8.93. The van der Waals surface area contributed by atoms with Gasteiger partial charge in [0, 0.05) is 11.4 Å². The Morgan fingerprint density at radius 1 is 0.619 bits per heavy atom. The molecular formula is C19H18N2.